The fourth-order valence-corrected chi connectivity index (χ4v) is 3.05. The van der Waals surface area contributed by atoms with Crippen LogP contribution >= 0.6 is 0 Å². The van der Waals surface area contributed by atoms with Crippen molar-refractivity contribution in [3.05, 3.63) is 0 Å². The van der Waals surface area contributed by atoms with Crippen molar-refractivity contribution in [3.63, 3.8) is 0 Å². The molecule has 0 bridgehead atoms. The van der Waals surface area contributed by atoms with E-state index in [1.54, 1.807) is 0 Å². The Kier molecular flexibility index (Phi) is 18.2. The van der Waals surface area contributed by atoms with Crippen LogP contribution in [0.5, 0.6) is 0 Å². The zero-order valence-corrected chi connectivity index (χ0v) is 16.0. The lowest BCUT2D eigenvalue weighted by molar-refractivity contribution is -0.139. The summed E-state index contributed by atoms with van der Waals surface area (Å²) in [6.45, 7) is 3.72. The number of hydrogen-bond acceptors (Lipinski definition) is 3. The van der Waals surface area contributed by atoms with Crippen molar-refractivity contribution in [2.24, 2.45) is 5.73 Å². The average Bonchev–Trinajstić information content (AvgIpc) is 2.57. The quantitative estimate of drug-likeness (QED) is 0.293. The van der Waals surface area contributed by atoms with E-state index in [1.165, 1.54) is 70.6 Å². The Balaban J connectivity index is 3.32. The lowest BCUT2D eigenvalue weighted by Gasteiger charge is -2.14. The van der Waals surface area contributed by atoms with Crippen molar-refractivity contribution < 1.29 is 9.90 Å². The van der Waals surface area contributed by atoms with Gasteiger partial charge in [-0.25, -0.2) is 0 Å². The second-order valence-electron chi connectivity index (χ2n) is 7.02. The van der Waals surface area contributed by atoms with Gasteiger partial charge in [0.2, 0.25) is 0 Å². The van der Waals surface area contributed by atoms with Crippen molar-refractivity contribution >= 4 is 5.97 Å². The second kappa shape index (κ2) is 18.7. The molecule has 4 N–H and O–H groups in total. The largest absolute Gasteiger partial charge is 0.480 e. The van der Waals surface area contributed by atoms with Crippen LogP contribution in [0.3, 0.4) is 0 Å². The minimum absolute atomic E-state index is 0.399. The van der Waals surface area contributed by atoms with E-state index >= 15 is 0 Å². The number of nitrogens with one attached hydrogen (secondary N) is 1. The number of aliphatic carboxylic acids is 1. The molecule has 4 nitrogen and oxygen atoms in total. The molecule has 0 amide bonds. The van der Waals surface area contributed by atoms with E-state index in [1.807, 2.05) is 0 Å². The van der Waals surface area contributed by atoms with Gasteiger partial charge in [-0.15, -0.1) is 0 Å². The number of nitrogens with two attached hydrogens (primary N) is 1. The van der Waals surface area contributed by atoms with Gasteiger partial charge in [0.15, 0.2) is 0 Å². The Bertz CT molecular complexity index is 272. The monoisotopic (exact) mass is 342 g/mol. The second-order valence-corrected chi connectivity index (χ2v) is 7.02. The summed E-state index contributed by atoms with van der Waals surface area (Å²) < 4.78 is 0. The van der Waals surface area contributed by atoms with Gasteiger partial charge >= 0.3 is 5.97 Å². The van der Waals surface area contributed by atoms with Crippen LogP contribution in [0.25, 0.3) is 0 Å². The first-order valence-electron chi connectivity index (χ1n) is 10.4. The molecule has 0 aromatic carbocycles. The van der Waals surface area contributed by atoms with E-state index in [2.05, 4.69) is 12.2 Å². The highest BCUT2D eigenvalue weighted by Gasteiger charge is 2.15. The third-order valence-electron chi connectivity index (χ3n) is 4.67. The summed E-state index contributed by atoms with van der Waals surface area (Å²) >= 11 is 0. The maximum Gasteiger partial charge on any atom is 0.320 e. The highest BCUT2D eigenvalue weighted by atomic mass is 16.4. The van der Waals surface area contributed by atoms with Crippen molar-refractivity contribution in [1.29, 1.82) is 0 Å². The lowest BCUT2D eigenvalue weighted by atomic mass is 10.1. The van der Waals surface area contributed by atoms with E-state index in [9.17, 15) is 9.90 Å². The van der Waals surface area contributed by atoms with E-state index in [-0.39, 0.29) is 0 Å². The van der Waals surface area contributed by atoms with Crippen LogP contribution in [-0.4, -0.2) is 30.2 Å². The van der Waals surface area contributed by atoms with Crippen LogP contribution < -0.4 is 11.1 Å². The lowest BCUT2D eigenvalue weighted by Crippen LogP contribution is -2.37. The van der Waals surface area contributed by atoms with Crippen molar-refractivity contribution in [2.45, 2.75) is 109 Å². The molecular formula is C20H42N2O2. The molecule has 0 heterocycles. The van der Waals surface area contributed by atoms with Gasteiger partial charge in [0, 0.05) is 0 Å². The molecule has 4 heteroatoms. The van der Waals surface area contributed by atoms with Crippen LogP contribution in [0.1, 0.15) is 103 Å². The molecule has 0 saturated carbocycles. The summed E-state index contributed by atoms with van der Waals surface area (Å²) in [6, 6.07) is -0.399. The van der Waals surface area contributed by atoms with Crippen molar-refractivity contribution in [3.8, 4) is 0 Å². The Morgan fingerprint density at radius 3 is 1.79 bits per heavy atom. The summed E-state index contributed by atoms with van der Waals surface area (Å²) in [5, 5.41) is 12.3. The molecule has 1 atom stereocenters. The molecule has 0 aromatic rings. The van der Waals surface area contributed by atoms with Gasteiger partial charge in [0.05, 0.1) is 0 Å². The number of carboxylic acid groups (broad SMARTS) is 1. The number of rotatable bonds is 19. The van der Waals surface area contributed by atoms with Gasteiger partial charge < -0.3 is 16.2 Å². The normalized spacial score (nSPS) is 12.4. The summed E-state index contributed by atoms with van der Waals surface area (Å²) in [5.41, 5.74) is 5.45. The van der Waals surface area contributed by atoms with Crippen LogP contribution in [-0.2, 0) is 4.79 Å². The van der Waals surface area contributed by atoms with Crippen LogP contribution in [0.4, 0.5) is 0 Å². The van der Waals surface area contributed by atoms with Gasteiger partial charge in [-0.2, -0.15) is 0 Å². The summed E-state index contributed by atoms with van der Waals surface area (Å²) in [7, 11) is 0. The predicted octanol–water partition coefficient (Wildman–Crippen LogP) is 4.86. The Morgan fingerprint density at radius 1 is 0.833 bits per heavy atom. The zero-order valence-electron chi connectivity index (χ0n) is 16.0. The SMILES string of the molecule is CCCCCCCCCCCCCCNC(CCCCN)C(=O)O. The highest BCUT2D eigenvalue weighted by Crippen LogP contribution is 2.11. The Hall–Kier alpha value is -0.610. The molecule has 0 rings (SSSR count). The Morgan fingerprint density at radius 2 is 1.33 bits per heavy atom. The van der Waals surface area contributed by atoms with Crippen molar-refractivity contribution in [2.75, 3.05) is 13.1 Å². The topological polar surface area (TPSA) is 75.3 Å². The summed E-state index contributed by atoms with van der Waals surface area (Å²) in [6.07, 6.45) is 18.5. The molecule has 0 aliphatic carbocycles. The molecule has 0 saturated heterocycles. The van der Waals surface area contributed by atoms with E-state index < -0.39 is 12.0 Å². The molecule has 1 unspecified atom stereocenters. The van der Waals surface area contributed by atoms with Gasteiger partial charge in [-0.3, -0.25) is 4.79 Å². The minimum atomic E-state index is -0.731. The predicted molar refractivity (Wildman–Crippen MR) is 103 cm³/mol. The molecular weight excluding hydrogens is 300 g/mol. The molecule has 0 spiro atoms. The first-order valence-corrected chi connectivity index (χ1v) is 10.4. The van der Waals surface area contributed by atoms with Crippen LogP contribution in [0.2, 0.25) is 0 Å². The fourth-order valence-electron chi connectivity index (χ4n) is 3.05. The van der Waals surface area contributed by atoms with Gasteiger partial charge in [-0.1, -0.05) is 84.0 Å². The fraction of sp³-hybridized carbons (Fsp3) is 0.950. The third-order valence-corrected chi connectivity index (χ3v) is 4.67. The van der Waals surface area contributed by atoms with E-state index in [0.29, 0.717) is 13.0 Å². The van der Waals surface area contributed by atoms with Gasteiger partial charge in [0.25, 0.3) is 0 Å². The molecule has 0 aliphatic heterocycles. The first kappa shape index (κ1) is 23.4. The standard InChI is InChI=1S/C20H42N2O2/c1-2-3-4-5-6-7-8-9-10-11-12-15-18-22-19(20(23)24)16-13-14-17-21/h19,22H,2-18,21H2,1H3,(H,23,24). The molecule has 0 aromatic heterocycles. The summed E-state index contributed by atoms with van der Waals surface area (Å²) in [5.74, 6) is -0.731. The highest BCUT2D eigenvalue weighted by molar-refractivity contribution is 5.73. The van der Waals surface area contributed by atoms with Gasteiger partial charge in [-0.05, 0) is 32.4 Å². The number of carbonyl (C=O) groups is 1. The van der Waals surface area contributed by atoms with Crippen LogP contribution in [0.15, 0.2) is 0 Å². The van der Waals surface area contributed by atoms with E-state index in [0.717, 1.165) is 25.8 Å². The number of hydrogen-bond donors (Lipinski definition) is 3. The van der Waals surface area contributed by atoms with E-state index in [4.69, 9.17) is 5.73 Å². The Labute approximate surface area is 150 Å². The smallest absolute Gasteiger partial charge is 0.320 e. The van der Waals surface area contributed by atoms with Crippen LogP contribution in [0, 0.1) is 0 Å². The molecule has 0 fully saturated rings. The maximum atomic E-state index is 11.1. The molecule has 24 heavy (non-hydrogen) atoms. The first-order chi connectivity index (χ1) is 11.7. The number of unbranched alkanes of at least 4 members (excludes halogenated alkanes) is 12. The van der Waals surface area contributed by atoms with Gasteiger partial charge in [0.1, 0.15) is 6.04 Å². The minimum Gasteiger partial charge on any atom is -0.480 e. The third kappa shape index (κ3) is 16.3. The molecule has 0 aliphatic rings. The zero-order chi connectivity index (χ0) is 17.9. The summed E-state index contributed by atoms with van der Waals surface area (Å²) in [4.78, 5) is 11.1. The average molecular weight is 343 g/mol. The number of carboxylic acids is 1. The maximum absolute atomic E-state index is 11.1. The molecule has 144 valence electrons. The van der Waals surface area contributed by atoms with Crippen molar-refractivity contribution in [1.82, 2.24) is 5.32 Å². The molecule has 0 radical (unpaired) electrons.